The van der Waals surface area contributed by atoms with Crippen molar-refractivity contribution in [2.24, 2.45) is 0 Å². The summed E-state index contributed by atoms with van der Waals surface area (Å²) in [4.78, 5) is 4.81. The number of nitrogens with one attached hydrogen (secondary N) is 2. The third kappa shape index (κ3) is 2.34. The second-order valence-corrected chi connectivity index (χ2v) is 2.62. The number of rotatable bonds is 4. The fourth-order valence-electron chi connectivity index (χ4n) is 1.16. The van der Waals surface area contributed by atoms with Crippen LogP contribution in [-0.2, 0) is 4.84 Å². The molecule has 4 nitrogen and oxygen atoms in total. The Morgan fingerprint density at radius 1 is 1.31 bits per heavy atom. The van der Waals surface area contributed by atoms with Crippen LogP contribution in [-0.4, -0.2) is 21.2 Å². The molecular weight excluding hydrogens is 166 g/mol. The highest BCUT2D eigenvalue weighted by Gasteiger charge is 2.03. The van der Waals surface area contributed by atoms with Crippen LogP contribution in [0.5, 0.6) is 0 Å². The van der Waals surface area contributed by atoms with Crippen molar-refractivity contribution in [3.63, 3.8) is 0 Å². The summed E-state index contributed by atoms with van der Waals surface area (Å²) in [5.41, 5.74) is 4.81. The van der Waals surface area contributed by atoms with Gasteiger partial charge < -0.3 is 5.32 Å². The van der Waals surface area contributed by atoms with Gasteiger partial charge in [0.25, 0.3) is 0 Å². The number of hydrogen-bond acceptors (Lipinski definition) is 4. The van der Waals surface area contributed by atoms with E-state index in [1.807, 2.05) is 38.4 Å². The number of anilines is 2. The monoisotopic (exact) mass is 181 g/mol. The molecule has 1 aromatic rings. The van der Waals surface area contributed by atoms with Gasteiger partial charge in [0.05, 0.1) is 18.5 Å². The van der Waals surface area contributed by atoms with Gasteiger partial charge in [0.15, 0.2) is 0 Å². The minimum absolute atomic E-state index is 1.03. The largest absolute Gasteiger partial charge is 0.386 e. The molecule has 2 N–H and O–H groups in total. The molecule has 0 aliphatic carbocycles. The Labute approximate surface area is 78.4 Å². The fraction of sp³-hybridized carbons (Fsp3) is 0.333. The van der Waals surface area contributed by atoms with Gasteiger partial charge in [0, 0.05) is 14.1 Å². The van der Waals surface area contributed by atoms with Crippen LogP contribution in [0.4, 0.5) is 11.4 Å². The van der Waals surface area contributed by atoms with Crippen LogP contribution in [0, 0.1) is 0 Å². The minimum atomic E-state index is 1.03. The Balaban J connectivity index is 2.85. The first-order valence-corrected chi connectivity index (χ1v) is 4.08. The van der Waals surface area contributed by atoms with Crippen molar-refractivity contribution >= 4 is 11.4 Å². The first-order valence-electron chi connectivity index (χ1n) is 4.08. The standard InChI is InChI=1S/C9H15N3O/c1-10-8-6-4-5-7-9(8)12(2)11-13-3/h4-7,10-11H,1-3H3. The molecule has 1 rings (SSSR count). The van der Waals surface area contributed by atoms with E-state index >= 15 is 0 Å². The van der Waals surface area contributed by atoms with Gasteiger partial charge in [-0.3, -0.25) is 9.85 Å². The quantitative estimate of drug-likeness (QED) is 0.685. The molecule has 0 unspecified atom stereocenters. The lowest BCUT2D eigenvalue weighted by Crippen LogP contribution is -2.33. The van der Waals surface area contributed by atoms with E-state index in [2.05, 4.69) is 10.9 Å². The molecule has 0 heterocycles. The Kier molecular flexibility index (Phi) is 3.54. The summed E-state index contributed by atoms with van der Waals surface area (Å²) in [6, 6.07) is 7.96. The summed E-state index contributed by atoms with van der Waals surface area (Å²) >= 11 is 0. The molecular formula is C9H15N3O. The lowest BCUT2D eigenvalue weighted by atomic mass is 10.2. The Bertz CT molecular complexity index is 265. The van der Waals surface area contributed by atoms with Crippen molar-refractivity contribution < 1.29 is 4.84 Å². The minimum Gasteiger partial charge on any atom is -0.386 e. The van der Waals surface area contributed by atoms with Crippen LogP contribution in [0.15, 0.2) is 24.3 Å². The van der Waals surface area contributed by atoms with Gasteiger partial charge in [-0.2, -0.15) is 0 Å². The number of para-hydroxylation sites is 2. The van der Waals surface area contributed by atoms with Gasteiger partial charge in [-0.25, -0.2) is 0 Å². The molecule has 72 valence electrons. The normalized spacial score (nSPS) is 9.77. The van der Waals surface area contributed by atoms with Crippen LogP contribution in [0.3, 0.4) is 0 Å². The van der Waals surface area contributed by atoms with E-state index in [0.29, 0.717) is 0 Å². The molecule has 13 heavy (non-hydrogen) atoms. The predicted molar refractivity (Wildman–Crippen MR) is 54.5 cm³/mol. The second kappa shape index (κ2) is 4.69. The number of hydrogen-bond donors (Lipinski definition) is 2. The van der Waals surface area contributed by atoms with E-state index < -0.39 is 0 Å². The van der Waals surface area contributed by atoms with Crippen molar-refractivity contribution in [3.05, 3.63) is 24.3 Å². The zero-order valence-electron chi connectivity index (χ0n) is 8.16. The van der Waals surface area contributed by atoms with Crippen LogP contribution >= 0.6 is 0 Å². The zero-order valence-corrected chi connectivity index (χ0v) is 8.16. The summed E-state index contributed by atoms with van der Waals surface area (Å²) in [6.07, 6.45) is 0. The summed E-state index contributed by atoms with van der Waals surface area (Å²) < 4.78 is 0. The van der Waals surface area contributed by atoms with Crippen LogP contribution in [0.25, 0.3) is 0 Å². The average Bonchev–Trinajstić information content (AvgIpc) is 2.18. The van der Waals surface area contributed by atoms with E-state index in [9.17, 15) is 0 Å². The maximum Gasteiger partial charge on any atom is 0.0770 e. The van der Waals surface area contributed by atoms with Gasteiger partial charge in [-0.1, -0.05) is 12.1 Å². The van der Waals surface area contributed by atoms with Gasteiger partial charge in [-0.15, -0.1) is 5.59 Å². The molecule has 4 heteroatoms. The number of benzene rings is 1. The number of hydrazine groups is 1. The Morgan fingerprint density at radius 2 is 2.00 bits per heavy atom. The Hall–Kier alpha value is -1.26. The summed E-state index contributed by atoms with van der Waals surface area (Å²) in [5.74, 6) is 0. The molecule has 0 aliphatic heterocycles. The third-order valence-electron chi connectivity index (χ3n) is 1.76. The average molecular weight is 181 g/mol. The second-order valence-electron chi connectivity index (χ2n) is 2.62. The van der Waals surface area contributed by atoms with Crippen molar-refractivity contribution in [1.29, 1.82) is 0 Å². The van der Waals surface area contributed by atoms with Crippen molar-refractivity contribution in [3.8, 4) is 0 Å². The van der Waals surface area contributed by atoms with Crippen LogP contribution < -0.4 is 15.9 Å². The number of nitrogens with zero attached hydrogens (tertiary/aromatic N) is 1. The van der Waals surface area contributed by atoms with Gasteiger partial charge in [-0.05, 0) is 12.1 Å². The Morgan fingerprint density at radius 3 is 2.62 bits per heavy atom. The molecule has 0 spiro atoms. The molecule has 0 bridgehead atoms. The molecule has 1 aromatic carbocycles. The molecule has 0 aromatic heterocycles. The van der Waals surface area contributed by atoms with E-state index in [-0.39, 0.29) is 0 Å². The van der Waals surface area contributed by atoms with Crippen LogP contribution in [0.1, 0.15) is 0 Å². The highest BCUT2D eigenvalue weighted by atomic mass is 16.7. The summed E-state index contributed by atoms with van der Waals surface area (Å²) in [5, 5.41) is 4.90. The molecule has 0 amide bonds. The highest BCUT2D eigenvalue weighted by Crippen LogP contribution is 2.22. The van der Waals surface area contributed by atoms with Gasteiger partial charge in [0.1, 0.15) is 0 Å². The van der Waals surface area contributed by atoms with Crippen molar-refractivity contribution in [2.45, 2.75) is 0 Å². The van der Waals surface area contributed by atoms with Crippen molar-refractivity contribution in [1.82, 2.24) is 5.59 Å². The molecule has 0 radical (unpaired) electrons. The maximum absolute atomic E-state index is 4.81. The third-order valence-corrected chi connectivity index (χ3v) is 1.76. The first-order chi connectivity index (χ1) is 6.29. The molecule has 0 aliphatic rings. The fourth-order valence-corrected chi connectivity index (χ4v) is 1.16. The molecule has 0 saturated carbocycles. The van der Waals surface area contributed by atoms with Gasteiger partial charge in [0.2, 0.25) is 0 Å². The summed E-state index contributed by atoms with van der Waals surface area (Å²) in [7, 11) is 5.36. The van der Waals surface area contributed by atoms with Gasteiger partial charge >= 0.3 is 0 Å². The lowest BCUT2D eigenvalue weighted by molar-refractivity contribution is 0.0873. The zero-order chi connectivity index (χ0) is 9.68. The van der Waals surface area contributed by atoms with E-state index in [1.54, 1.807) is 12.1 Å². The van der Waals surface area contributed by atoms with E-state index in [4.69, 9.17) is 4.84 Å². The molecule has 0 saturated heterocycles. The van der Waals surface area contributed by atoms with E-state index in [1.165, 1.54) is 0 Å². The highest BCUT2D eigenvalue weighted by molar-refractivity contribution is 5.68. The smallest absolute Gasteiger partial charge is 0.0770 e. The lowest BCUT2D eigenvalue weighted by Gasteiger charge is -2.21. The molecule has 0 atom stereocenters. The van der Waals surface area contributed by atoms with Crippen LogP contribution in [0.2, 0.25) is 0 Å². The maximum atomic E-state index is 4.81. The topological polar surface area (TPSA) is 36.5 Å². The molecule has 0 fully saturated rings. The SMILES string of the molecule is CNc1ccccc1N(C)NOC. The summed E-state index contributed by atoms with van der Waals surface area (Å²) in [6.45, 7) is 0. The van der Waals surface area contributed by atoms with E-state index in [0.717, 1.165) is 11.4 Å². The first kappa shape index (κ1) is 9.83. The van der Waals surface area contributed by atoms with Crippen molar-refractivity contribution in [2.75, 3.05) is 31.5 Å². The predicted octanol–water partition coefficient (Wildman–Crippen LogP) is 1.23.